The van der Waals surface area contributed by atoms with Crippen LogP contribution in [-0.2, 0) is 19.6 Å². The highest BCUT2D eigenvalue weighted by molar-refractivity contribution is 7.90. The van der Waals surface area contributed by atoms with Crippen LogP contribution in [0.15, 0.2) is 16.0 Å². The van der Waals surface area contributed by atoms with E-state index in [1.54, 1.807) is 47.6 Å². The summed E-state index contributed by atoms with van der Waals surface area (Å²) >= 11 is 0. The number of carboxylic acid groups (broad SMARTS) is 1. The molecule has 1 atom stereocenters. The summed E-state index contributed by atoms with van der Waals surface area (Å²) < 4.78 is 38.3. The Morgan fingerprint density at radius 1 is 1.21 bits per heavy atom. The van der Waals surface area contributed by atoms with Crippen LogP contribution in [0, 0.1) is 20.8 Å². The largest absolute Gasteiger partial charge is 0.496 e. The number of nitrogens with two attached hydrogens (primary N) is 1. The molecule has 0 heterocycles. The molecule has 33 heavy (non-hydrogen) atoms. The molecular weight excluding hydrogens is 452 g/mol. The number of hydrogen-bond donors (Lipinski definition) is 4. The summed E-state index contributed by atoms with van der Waals surface area (Å²) in [6.45, 7) is 10.1. The second kappa shape index (κ2) is 11.2. The van der Waals surface area contributed by atoms with E-state index in [9.17, 15) is 23.1 Å². The number of carboxylic acids is 1. The van der Waals surface area contributed by atoms with Gasteiger partial charge in [0.15, 0.2) is 0 Å². The van der Waals surface area contributed by atoms with E-state index in [-0.39, 0.29) is 30.2 Å². The van der Waals surface area contributed by atoms with Gasteiger partial charge in [-0.1, -0.05) is 0 Å². The number of rotatable bonds is 9. The van der Waals surface area contributed by atoms with Crippen molar-refractivity contribution in [3.63, 3.8) is 0 Å². The lowest BCUT2D eigenvalue weighted by atomic mass is 10.1. The number of carbonyl (C=O) groups is 2. The third kappa shape index (κ3) is 8.44. The van der Waals surface area contributed by atoms with Crippen LogP contribution in [0.4, 0.5) is 4.79 Å². The maximum atomic E-state index is 12.8. The average Bonchev–Trinajstić information content (AvgIpc) is 2.64. The molecule has 0 spiro atoms. The molecule has 0 unspecified atom stereocenters. The molecule has 0 aliphatic carbocycles. The molecule has 0 saturated carbocycles. The van der Waals surface area contributed by atoms with Gasteiger partial charge in [0.05, 0.1) is 12.0 Å². The molecular formula is C21H34N4O7S. The van der Waals surface area contributed by atoms with E-state index in [1.165, 1.54) is 7.11 Å². The SMILES string of the molecule is COc1cc(C)c(S(=O)(=O)NC(N)=NCCC[C@@H](NC(=O)OC(C)(C)C)C(=O)O)c(C)c1C. The van der Waals surface area contributed by atoms with E-state index in [0.29, 0.717) is 22.4 Å². The van der Waals surface area contributed by atoms with E-state index in [0.717, 1.165) is 0 Å². The van der Waals surface area contributed by atoms with Crippen LogP contribution in [0.5, 0.6) is 5.75 Å². The number of aryl methyl sites for hydroxylation is 1. The summed E-state index contributed by atoms with van der Waals surface area (Å²) in [5.74, 6) is -0.966. The maximum absolute atomic E-state index is 12.8. The van der Waals surface area contributed by atoms with E-state index in [1.807, 2.05) is 0 Å². The average molecular weight is 487 g/mol. The normalized spacial score (nSPS) is 13.2. The van der Waals surface area contributed by atoms with E-state index >= 15 is 0 Å². The van der Waals surface area contributed by atoms with Gasteiger partial charge in [-0.05, 0) is 77.1 Å². The van der Waals surface area contributed by atoms with Crippen molar-refractivity contribution in [3.8, 4) is 5.75 Å². The van der Waals surface area contributed by atoms with Gasteiger partial charge in [-0.25, -0.2) is 22.7 Å². The molecule has 0 aliphatic rings. The van der Waals surface area contributed by atoms with Crippen LogP contribution in [-0.4, -0.2) is 56.8 Å². The molecule has 0 bridgehead atoms. The molecule has 0 radical (unpaired) electrons. The number of alkyl carbamates (subject to hydrolysis) is 1. The van der Waals surface area contributed by atoms with Crippen LogP contribution >= 0.6 is 0 Å². The van der Waals surface area contributed by atoms with Crippen molar-refractivity contribution < 1.29 is 32.6 Å². The van der Waals surface area contributed by atoms with Gasteiger partial charge in [-0.2, -0.15) is 0 Å². The molecule has 1 amide bonds. The molecule has 11 nitrogen and oxygen atoms in total. The summed E-state index contributed by atoms with van der Waals surface area (Å²) in [6.07, 6.45) is -0.561. The standard InChI is InChI=1S/C21H34N4O7S/c1-12-11-16(31-7)13(2)14(3)17(12)33(29,30)25-19(22)23-10-8-9-15(18(26)27)24-20(28)32-21(4,5)6/h11,15H,8-10H2,1-7H3,(H,24,28)(H,26,27)(H3,22,23,25)/t15-/m1/s1. The summed E-state index contributed by atoms with van der Waals surface area (Å²) in [7, 11) is -2.49. The van der Waals surface area contributed by atoms with Crippen molar-refractivity contribution in [1.29, 1.82) is 0 Å². The zero-order chi connectivity index (χ0) is 25.6. The Morgan fingerprint density at radius 3 is 2.33 bits per heavy atom. The van der Waals surface area contributed by atoms with Crippen molar-refractivity contribution in [1.82, 2.24) is 10.0 Å². The molecule has 0 fully saturated rings. The number of guanidine groups is 1. The van der Waals surface area contributed by atoms with Crippen molar-refractivity contribution in [2.45, 2.75) is 70.9 Å². The summed E-state index contributed by atoms with van der Waals surface area (Å²) in [5, 5.41) is 11.6. The first-order chi connectivity index (χ1) is 15.1. The summed E-state index contributed by atoms with van der Waals surface area (Å²) in [6, 6.07) is 0.453. The van der Waals surface area contributed by atoms with Gasteiger partial charge in [0.1, 0.15) is 17.4 Å². The second-order valence-corrected chi connectivity index (χ2v) is 10.1. The van der Waals surface area contributed by atoms with Gasteiger partial charge < -0.3 is 25.6 Å². The molecule has 1 aromatic rings. The van der Waals surface area contributed by atoms with Gasteiger partial charge in [0.2, 0.25) is 5.96 Å². The van der Waals surface area contributed by atoms with Crippen molar-refractivity contribution in [3.05, 3.63) is 22.8 Å². The van der Waals surface area contributed by atoms with Gasteiger partial charge in [0, 0.05) is 6.54 Å². The highest BCUT2D eigenvalue weighted by atomic mass is 32.2. The number of sulfonamides is 1. The third-order valence-electron chi connectivity index (χ3n) is 4.63. The van der Waals surface area contributed by atoms with Crippen LogP contribution in [0.2, 0.25) is 0 Å². The van der Waals surface area contributed by atoms with Crippen LogP contribution in [0.3, 0.4) is 0 Å². The first-order valence-corrected chi connectivity index (χ1v) is 11.8. The number of nitrogens with zero attached hydrogens (tertiary/aromatic N) is 1. The Labute approximate surface area is 194 Å². The Hall–Kier alpha value is -3.02. The Balaban J connectivity index is 2.79. The minimum atomic E-state index is -4.00. The first-order valence-electron chi connectivity index (χ1n) is 10.3. The van der Waals surface area contributed by atoms with Crippen LogP contribution in [0.25, 0.3) is 0 Å². The Morgan fingerprint density at radius 2 is 1.82 bits per heavy atom. The Kier molecular flexibility index (Phi) is 9.52. The monoisotopic (exact) mass is 486 g/mol. The van der Waals surface area contributed by atoms with Gasteiger partial charge in [-0.15, -0.1) is 0 Å². The predicted molar refractivity (Wildman–Crippen MR) is 124 cm³/mol. The molecule has 0 aromatic heterocycles. The number of methoxy groups -OCH3 is 1. The highest BCUT2D eigenvalue weighted by Crippen LogP contribution is 2.30. The fourth-order valence-corrected chi connectivity index (χ4v) is 4.55. The van der Waals surface area contributed by atoms with E-state index in [2.05, 4.69) is 15.0 Å². The molecule has 12 heteroatoms. The molecule has 1 aromatic carbocycles. The van der Waals surface area contributed by atoms with E-state index in [4.69, 9.17) is 15.2 Å². The van der Waals surface area contributed by atoms with E-state index < -0.39 is 33.7 Å². The number of ether oxygens (including phenoxy) is 2. The summed E-state index contributed by atoms with van der Waals surface area (Å²) in [4.78, 5) is 27.2. The van der Waals surface area contributed by atoms with Crippen LogP contribution < -0.4 is 20.5 Å². The number of amides is 1. The summed E-state index contributed by atoms with van der Waals surface area (Å²) in [5.41, 5.74) is 6.70. The predicted octanol–water partition coefficient (Wildman–Crippen LogP) is 1.97. The molecule has 186 valence electrons. The molecule has 0 saturated heterocycles. The second-order valence-electron chi connectivity index (χ2n) is 8.53. The van der Waals surface area contributed by atoms with Gasteiger partial charge >= 0.3 is 12.1 Å². The number of nitrogens with one attached hydrogen (secondary N) is 2. The maximum Gasteiger partial charge on any atom is 0.408 e. The third-order valence-corrected chi connectivity index (χ3v) is 6.27. The lowest BCUT2D eigenvalue weighted by molar-refractivity contribution is -0.139. The van der Waals surface area contributed by atoms with Crippen LogP contribution in [0.1, 0.15) is 50.3 Å². The molecule has 0 aliphatic heterocycles. The fourth-order valence-electron chi connectivity index (χ4n) is 3.07. The lowest BCUT2D eigenvalue weighted by Crippen LogP contribution is -2.43. The number of aliphatic imine (C=N–C) groups is 1. The van der Waals surface area contributed by atoms with Gasteiger partial charge in [-0.3, -0.25) is 4.99 Å². The number of carbonyl (C=O) groups excluding carboxylic acids is 1. The first kappa shape index (κ1) is 28.0. The van der Waals surface area contributed by atoms with Crippen molar-refractivity contribution in [2.24, 2.45) is 10.7 Å². The fraction of sp³-hybridized carbons (Fsp3) is 0.571. The Bertz CT molecular complexity index is 1010. The number of aliphatic carboxylic acids is 1. The zero-order valence-electron chi connectivity index (χ0n) is 20.1. The van der Waals surface area contributed by atoms with Crippen molar-refractivity contribution in [2.75, 3.05) is 13.7 Å². The number of hydrogen-bond acceptors (Lipinski definition) is 7. The minimum Gasteiger partial charge on any atom is -0.496 e. The highest BCUT2D eigenvalue weighted by Gasteiger charge is 2.25. The zero-order valence-corrected chi connectivity index (χ0v) is 20.9. The number of benzene rings is 1. The lowest BCUT2D eigenvalue weighted by Gasteiger charge is -2.21. The molecule has 5 N–H and O–H groups in total. The smallest absolute Gasteiger partial charge is 0.408 e. The molecule has 1 rings (SSSR count). The van der Waals surface area contributed by atoms with Crippen molar-refractivity contribution >= 4 is 28.0 Å². The van der Waals surface area contributed by atoms with Gasteiger partial charge in [0.25, 0.3) is 10.0 Å². The quantitative estimate of drug-likeness (QED) is 0.233. The topological polar surface area (TPSA) is 169 Å². The minimum absolute atomic E-state index is 0.0493.